The van der Waals surface area contributed by atoms with Crippen LogP contribution >= 0.6 is 0 Å². The minimum Gasteiger partial charge on any atom is -0.507 e. The van der Waals surface area contributed by atoms with Gasteiger partial charge in [0, 0.05) is 18.6 Å². The van der Waals surface area contributed by atoms with Crippen molar-refractivity contribution in [2.75, 3.05) is 6.61 Å². The first-order valence-electron chi connectivity index (χ1n) is 11.6. The second-order valence-electron chi connectivity index (χ2n) is 9.50. The van der Waals surface area contributed by atoms with E-state index in [1.807, 2.05) is 0 Å². The number of rotatable bonds is 8. The number of benzene rings is 1. The van der Waals surface area contributed by atoms with Crippen molar-refractivity contribution >= 4 is 5.78 Å². The lowest BCUT2D eigenvalue weighted by Gasteiger charge is -2.42. The Hall–Kier alpha value is -2.07. The first-order chi connectivity index (χ1) is 16.8. The number of aliphatic hydroxyl groups is 6. The topological polar surface area (TPSA) is 216 Å². The zero-order valence-corrected chi connectivity index (χ0v) is 20.0. The zero-order valence-electron chi connectivity index (χ0n) is 20.0. The van der Waals surface area contributed by atoms with E-state index >= 15 is 0 Å². The molecule has 36 heavy (non-hydrogen) atoms. The number of aliphatic hydroxyl groups excluding tert-OH is 6. The van der Waals surface area contributed by atoms with Gasteiger partial charge in [0.15, 0.2) is 12.1 Å². The summed E-state index contributed by atoms with van der Waals surface area (Å²) in [7, 11) is 0. The van der Waals surface area contributed by atoms with Gasteiger partial charge in [0.2, 0.25) is 6.29 Å². The molecule has 2 fully saturated rings. The molecule has 1 aromatic rings. The van der Waals surface area contributed by atoms with Crippen molar-refractivity contribution in [3.05, 3.63) is 17.7 Å². The molecule has 0 aromatic heterocycles. The molecule has 204 valence electrons. The molecule has 0 amide bonds. The number of aromatic hydroxyl groups is 2. The number of ketones is 1. The molecule has 0 aliphatic carbocycles. The summed E-state index contributed by atoms with van der Waals surface area (Å²) in [6.45, 7) is 4.58. The van der Waals surface area contributed by atoms with Crippen molar-refractivity contribution < 1.29 is 64.6 Å². The molecule has 0 spiro atoms. The summed E-state index contributed by atoms with van der Waals surface area (Å²) >= 11 is 0. The van der Waals surface area contributed by atoms with E-state index in [0.29, 0.717) is 0 Å². The van der Waals surface area contributed by atoms with Gasteiger partial charge in [0.05, 0.1) is 12.7 Å². The number of Topliss-reactive ketones (excluding diaryl/α,β-unsaturated/α-hetero) is 1. The second kappa shape index (κ2) is 11.5. The van der Waals surface area contributed by atoms with Crippen LogP contribution < -0.4 is 4.74 Å². The molecule has 13 nitrogen and oxygen atoms in total. The Balaban J connectivity index is 1.70. The maximum atomic E-state index is 12.3. The molecule has 3 rings (SSSR count). The molecule has 10 atom stereocenters. The highest BCUT2D eigenvalue weighted by Gasteiger charge is 2.47. The summed E-state index contributed by atoms with van der Waals surface area (Å²) in [5, 5.41) is 81.2. The first kappa shape index (κ1) is 28.5. The van der Waals surface area contributed by atoms with Crippen LogP contribution in [0.1, 0.15) is 37.6 Å². The van der Waals surface area contributed by atoms with Gasteiger partial charge in [0.1, 0.15) is 65.5 Å². The summed E-state index contributed by atoms with van der Waals surface area (Å²) < 4.78 is 21.7. The number of ether oxygens (including phenoxy) is 4. The van der Waals surface area contributed by atoms with Gasteiger partial charge in [-0.25, -0.2) is 0 Å². The Morgan fingerprint density at radius 2 is 1.42 bits per heavy atom. The number of hydrogen-bond donors (Lipinski definition) is 8. The van der Waals surface area contributed by atoms with Crippen LogP contribution in [0.3, 0.4) is 0 Å². The third kappa shape index (κ3) is 6.07. The lowest BCUT2D eigenvalue weighted by Crippen LogP contribution is -2.61. The van der Waals surface area contributed by atoms with Gasteiger partial charge >= 0.3 is 0 Å². The van der Waals surface area contributed by atoms with Gasteiger partial charge in [-0.15, -0.1) is 0 Å². The molecule has 2 heterocycles. The molecule has 10 unspecified atom stereocenters. The third-order valence-corrected chi connectivity index (χ3v) is 6.10. The number of carbonyl (C=O) groups excluding carboxylic acids is 1. The van der Waals surface area contributed by atoms with E-state index in [0.717, 1.165) is 12.1 Å². The van der Waals surface area contributed by atoms with Gasteiger partial charge in [-0.2, -0.15) is 0 Å². The Bertz CT molecular complexity index is 885. The molecule has 2 aliphatic heterocycles. The fourth-order valence-electron chi connectivity index (χ4n) is 4.04. The molecular formula is C23H34O13. The maximum absolute atomic E-state index is 12.3. The van der Waals surface area contributed by atoms with E-state index in [2.05, 4.69) is 0 Å². The summed E-state index contributed by atoms with van der Waals surface area (Å²) in [6.07, 6.45) is -14.7. The van der Waals surface area contributed by atoms with Crippen LogP contribution in [-0.4, -0.2) is 115 Å². The smallest absolute Gasteiger partial charge is 0.229 e. The van der Waals surface area contributed by atoms with Crippen molar-refractivity contribution in [3.63, 3.8) is 0 Å². The van der Waals surface area contributed by atoms with E-state index in [1.165, 1.54) is 6.92 Å². The molecule has 0 radical (unpaired) electrons. The lowest BCUT2D eigenvalue weighted by atomic mass is 9.98. The molecule has 2 saturated heterocycles. The molecular weight excluding hydrogens is 484 g/mol. The first-order valence-corrected chi connectivity index (χ1v) is 11.6. The van der Waals surface area contributed by atoms with E-state index in [1.54, 1.807) is 13.8 Å². The van der Waals surface area contributed by atoms with Gasteiger partial charge in [-0.05, 0) is 12.8 Å². The van der Waals surface area contributed by atoms with Crippen molar-refractivity contribution in [2.45, 2.75) is 88.6 Å². The average molecular weight is 519 g/mol. The highest BCUT2D eigenvalue weighted by molar-refractivity contribution is 6.01. The summed E-state index contributed by atoms with van der Waals surface area (Å²) in [5.74, 6) is -1.80. The van der Waals surface area contributed by atoms with Crippen LogP contribution in [0, 0.1) is 5.92 Å². The molecule has 2 aliphatic rings. The number of carbonyl (C=O) groups is 1. The Morgan fingerprint density at radius 1 is 0.861 bits per heavy atom. The molecule has 0 bridgehead atoms. The molecule has 13 heteroatoms. The Labute approximate surface area is 207 Å². The molecule has 0 saturated carbocycles. The predicted molar refractivity (Wildman–Crippen MR) is 119 cm³/mol. The summed E-state index contributed by atoms with van der Waals surface area (Å²) in [5.41, 5.74) is -0.282. The van der Waals surface area contributed by atoms with Crippen molar-refractivity contribution in [1.29, 1.82) is 0 Å². The standard InChI is InChI=1S/C23H34O13/c1-8(2)4-11(24)15-12(25)5-10(6-13(15)26)35-23-21(32)19(30)17(28)14(36-23)7-33-22-20(31)18(29)16(27)9(3)34-22/h5-6,8-9,14,16-23,25-32H,4,7H2,1-3H3. The van der Waals surface area contributed by atoms with Crippen LogP contribution in [0.5, 0.6) is 17.2 Å². The molecule has 8 N–H and O–H groups in total. The van der Waals surface area contributed by atoms with Gasteiger partial charge in [0.25, 0.3) is 0 Å². The lowest BCUT2D eigenvalue weighted by molar-refractivity contribution is -0.318. The fraction of sp³-hybridized carbons (Fsp3) is 0.696. The van der Waals surface area contributed by atoms with E-state index < -0.39 is 85.3 Å². The largest absolute Gasteiger partial charge is 0.507 e. The van der Waals surface area contributed by atoms with E-state index in [9.17, 15) is 45.6 Å². The van der Waals surface area contributed by atoms with Crippen molar-refractivity contribution in [1.82, 2.24) is 0 Å². The minimum atomic E-state index is -1.75. The minimum absolute atomic E-state index is 0.0123. The monoisotopic (exact) mass is 518 g/mol. The van der Waals surface area contributed by atoms with Crippen molar-refractivity contribution in [3.8, 4) is 17.2 Å². The maximum Gasteiger partial charge on any atom is 0.229 e. The fourth-order valence-corrected chi connectivity index (χ4v) is 4.04. The van der Waals surface area contributed by atoms with Crippen LogP contribution in [0.2, 0.25) is 0 Å². The average Bonchev–Trinajstić information content (AvgIpc) is 2.79. The predicted octanol–water partition coefficient (Wildman–Crippen LogP) is -1.64. The quantitative estimate of drug-likeness (QED) is 0.181. The summed E-state index contributed by atoms with van der Waals surface area (Å²) in [4.78, 5) is 12.3. The van der Waals surface area contributed by atoms with Gasteiger partial charge in [-0.3, -0.25) is 4.79 Å². The van der Waals surface area contributed by atoms with Gasteiger partial charge in [-0.1, -0.05) is 13.8 Å². The highest BCUT2D eigenvalue weighted by Crippen LogP contribution is 2.36. The van der Waals surface area contributed by atoms with E-state index in [-0.39, 0.29) is 23.7 Å². The van der Waals surface area contributed by atoms with Crippen LogP contribution in [0.15, 0.2) is 12.1 Å². The third-order valence-electron chi connectivity index (χ3n) is 6.10. The van der Waals surface area contributed by atoms with Crippen LogP contribution in [0.25, 0.3) is 0 Å². The highest BCUT2D eigenvalue weighted by atomic mass is 16.7. The van der Waals surface area contributed by atoms with Gasteiger partial charge < -0.3 is 59.8 Å². The Morgan fingerprint density at radius 3 is 2.00 bits per heavy atom. The number of phenols is 2. The van der Waals surface area contributed by atoms with Crippen LogP contribution in [-0.2, 0) is 14.2 Å². The zero-order chi connectivity index (χ0) is 26.9. The van der Waals surface area contributed by atoms with Crippen LogP contribution in [0.4, 0.5) is 0 Å². The van der Waals surface area contributed by atoms with Crippen molar-refractivity contribution in [2.24, 2.45) is 5.92 Å². The second-order valence-corrected chi connectivity index (χ2v) is 9.50. The van der Waals surface area contributed by atoms with E-state index in [4.69, 9.17) is 18.9 Å². The number of phenolic OH excluding ortho intramolecular Hbond substituents is 2. The summed E-state index contributed by atoms with van der Waals surface area (Å²) in [6, 6.07) is 2.07. The number of hydrogen-bond acceptors (Lipinski definition) is 13. The molecule has 1 aromatic carbocycles. The normalized spacial score (nSPS) is 37.2. The SMILES string of the molecule is CC(C)CC(=O)c1c(O)cc(OC2OC(COC3OC(C)C(O)C(O)C3O)C(O)C(O)C2O)cc1O. The Kier molecular flexibility index (Phi) is 9.14.